The maximum atomic E-state index is 12.0. The number of ether oxygens (including phenoxy) is 1. The number of hydrogen-bond acceptors (Lipinski definition) is 10. The number of alkyl halides is 3. The Morgan fingerprint density at radius 3 is 2.55 bits per heavy atom. The number of fused-ring (bicyclic) bond motifs is 1. The van der Waals surface area contributed by atoms with Crippen molar-refractivity contribution in [1.82, 2.24) is 14.6 Å². The van der Waals surface area contributed by atoms with Gasteiger partial charge in [0, 0.05) is 29.6 Å². The van der Waals surface area contributed by atoms with Crippen LogP contribution in [-0.2, 0) is 20.4 Å². The van der Waals surface area contributed by atoms with Gasteiger partial charge < -0.3 is 26.2 Å². The van der Waals surface area contributed by atoms with Crippen LogP contribution in [0.25, 0.3) is 5.65 Å². The molecule has 2 aromatic heterocycles. The minimum atomic E-state index is -5.08. The number of rotatable bonds is 9. The lowest BCUT2D eigenvalue weighted by Crippen LogP contribution is -2.30. The summed E-state index contributed by atoms with van der Waals surface area (Å²) in [5, 5.41) is 27.5. The SMILES string of the molecule is CS(=O)(=O)Cc1cc(Nc2cc(NC3CC3)n3ncc(C#N)c3n2)ccc1OCC1(N)CC1.O=C(O)C(F)(F)F. The van der Waals surface area contributed by atoms with Gasteiger partial charge in [0.25, 0.3) is 0 Å². The molecule has 0 unspecified atom stereocenters. The summed E-state index contributed by atoms with van der Waals surface area (Å²) in [6, 6.07) is 9.62. The highest BCUT2D eigenvalue weighted by molar-refractivity contribution is 7.89. The summed E-state index contributed by atoms with van der Waals surface area (Å²) in [7, 11) is -3.28. The Labute approximate surface area is 226 Å². The van der Waals surface area contributed by atoms with Gasteiger partial charge in [-0.25, -0.2) is 18.2 Å². The highest BCUT2D eigenvalue weighted by Gasteiger charge is 2.39. The Kier molecular flexibility index (Phi) is 7.81. The van der Waals surface area contributed by atoms with Crippen LogP contribution in [0, 0.1) is 11.3 Å². The Bertz CT molecular complexity index is 1580. The van der Waals surface area contributed by atoms with Gasteiger partial charge in [-0.05, 0) is 43.9 Å². The molecule has 16 heteroatoms. The second kappa shape index (κ2) is 10.8. The molecule has 0 aliphatic heterocycles. The van der Waals surface area contributed by atoms with E-state index in [-0.39, 0.29) is 11.3 Å². The lowest BCUT2D eigenvalue weighted by atomic mass is 10.2. The molecule has 0 bridgehead atoms. The highest BCUT2D eigenvalue weighted by atomic mass is 32.2. The second-order valence-corrected chi connectivity index (χ2v) is 12.0. The molecule has 0 radical (unpaired) electrons. The third-order valence-electron chi connectivity index (χ3n) is 5.92. The van der Waals surface area contributed by atoms with Crippen molar-refractivity contribution < 1.29 is 36.2 Å². The van der Waals surface area contributed by atoms with Gasteiger partial charge >= 0.3 is 12.1 Å². The summed E-state index contributed by atoms with van der Waals surface area (Å²) >= 11 is 0. The van der Waals surface area contributed by atoms with Crippen LogP contribution in [0.1, 0.15) is 36.8 Å². The predicted molar refractivity (Wildman–Crippen MR) is 138 cm³/mol. The quantitative estimate of drug-likeness (QED) is 0.291. The summed E-state index contributed by atoms with van der Waals surface area (Å²) in [6.45, 7) is 0.350. The first-order valence-corrected chi connectivity index (χ1v) is 14.1. The number of benzene rings is 1. The molecule has 5 N–H and O–H groups in total. The average molecular weight is 582 g/mol. The number of aromatic nitrogens is 3. The van der Waals surface area contributed by atoms with Crippen molar-refractivity contribution in [3.05, 3.63) is 41.6 Å². The van der Waals surface area contributed by atoms with E-state index >= 15 is 0 Å². The summed E-state index contributed by atoms with van der Waals surface area (Å²) in [5.74, 6) is -1.16. The fourth-order valence-corrected chi connectivity index (χ4v) is 4.30. The van der Waals surface area contributed by atoms with Crippen LogP contribution in [0.5, 0.6) is 5.75 Å². The normalized spacial score (nSPS) is 15.9. The zero-order chi connectivity index (χ0) is 29.3. The van der Waals surface area contributed by atoms with Crippen molar-refractivity contribution in [1.29, 1.82) is 5.26 Å². The molecule has 5 rings (SSSR count). The van der Waals surface area contributed by atoms with Gasteiger partial charge in [-0.15, -0.1) is 0 Å². The Morgan fingerprint density at radius 2 is 2.00 bits per heavy atom. The Hall–Kier alpha value is -4.10. The molecule has 2 aliphatic carbocycles. The summed E-state index contributed by atoms with van der Waals surface area (Å²) in [4.78, 5) is 13.4. The molecule has 0 atom stereocenters. The molecule has 0 saturated heterocycles. The first kappa shape index (κ1) is 28.9. The van der Waals surface area contributed by atoms with Crippen LogP contribution in [0.15, 0.2) is 30.5 Å². The molecule has 2 heterocycles. The van der Waals surface area contributed by atoms with Crippen molar-refractivity contribution in [3.63, 3.8) is 0 Å². The predicted octanol–water partition coefficient (Wildman–Crippen LogP) is 2.97. The van der Waals surface area contributed by atoms with Gasteiger partial charge in [0.1, 0.15) is 35.6 Å². The number of aliphatic carboxylic acids is 1. The third kappa shape index (κ3) is 7.73. The average Bonchev–Trinajstić information content (AvgIpc) is 3.76. The number of nitriles is 1. The number of carbonyl (C=O) groups is 1. The zero-order valence-electron chi connectivity index (χ0n) is 21.2. The number of carboxylic acid groups (broad SMARTS) is 1. The standard InChI is InChI=1S/C22H25N7O3S.C2HF3O2/c1-33(30,31)12-14-8-17(4-5-18(14)32-13-22(24)6-7-22)26-19-9-20(27-16-2-3-16)29-21(28-19)15(10-23)11-25-29;3-2(4,5)1(6)7/h4-5,8-9,11,16,27H,2-3,6-7,12-13,24H2,1H3,(H,26,28);(H,6,7). The smallest absolute Gasteiger partial charge is 0.490 e. The van der Waals surface area contributed by atoms with E-state index in [1.165, 1.54) is 12.5 Å². The number of anilines is 3. The molecule has 214 valence electrons. The topological polar surface area (TPSA) is 185 Å². The van der Waals surface area contributed by atoms with E-state index < -0.39 is 22.0 Å². The van der Waals surface area contributed by atoms with Gasteiger partial charge in [-0.2, -0.15) is 28.0 Å². The van der Waals surface area contributed by atoms with Crippen LogP contribution in [0.3, 0.4) is 0 Å². The maximum Gasteiger partial charge on any atom is 0.490 e. The zero-order valence-corrected chi connectivity index (χ0v) is 22.0. The summed E-state index contributed by atoms with van der Waals surface area (Å²) in [6.07, 6.45) is 1.57. The molecular formula is C24H26F3N7O5S. The fraction of sp³-hybridized carbons (Fsp3) is 0.417. The number of carboxylic acids is 1. The van der Waals surface area contributed by atoms with Crippen LogP contribution in [-0.4, -0.2) is 64.7 Å². The van der Waals surface area contributed by atoms with Gasteiger partial charge in [0.05, 0.1) is 17.5 Å². The lowest BCUT2D eigenvalue weighted by Gasteiger charge is -2.16. The van der Waals surface area contributed by atoms with E-state index in [9.17, 15) is 26.9 Å². The Morgan fingerprint density at radius 1 is 1.32 bits per heavy atom. The van der Waals surface area contributed by atoms with Crippen molar-refractivity contribution >= 4 is 38.8 Å². The van der Waals surface area contributed by atoms with Crippen molar-refractivity contribution in [2.45, 2.75) is 49.2 Å². The minimum absolute atomic E-state index is 0.155. The van der Waals surface area contributed by atoms with E-state index in [0.717, 1.165) is 31.5 Å². The molecule has 2 aliphatic rings. The van der Waals surface area contributed by atoms with E-state index in [0.29, 0.717) is 46.7 Å². The van der Waals surface area contributed by atoms with E-state index in [4.69, 9.17) is 20.4 Å². The lowest BCUT2D eigenvalue weighted by molar-refractivity contribution is -0.192. The maximum absolute atomic E-state index is 12.0. The first-order valence-electron chi connectivity index (χ1n) is 12.0. The molecule has 2 saturated carbocycles. The second-order valence-electron chi connectivity index (χ2n) is 9.82. The van der Waals surface area contributed by atoms with Gasteiger partial charge in [-0.1, -0.05) is 0 Å². The number of hydrogen-bond donors (Lipinski definition) is 4. The van der Waals surface area contributed by atoms with Gasteiger partial charge in [0.2, 0.25) is 0 Å². The monoisotopic (exact) mass is 581 g/mol. The molecule has 1 aromatic carbocycles. The molecule has 40 heavy (non-hydrogen) atoms. The van der Waals surface area contributed by atoms with Crippen LogP contribution in [0.2, 0.25) is 0 Å². The number of halogens is 3. The Balaban J connectivity index is 0.000000470. The van der Waals surface area contributed by atoms with Gasteiger partial charge in [0.15, 0.2) is 15.5 Å². The van der Waals surface area contributed by atoms with Crippen molar-refractivity contribution in [3.8, 4) is 11.8 Å². The van der Waals surface area contributed by atoms with Crippen molar-refractivity contribution in [2.75, 3.05) is 23.5 Å². The van der Waals surface area contributed by atoms with E-state index in [2.05, 4.69) is 26.8 Å². The summed E-state index contributed by atoms with van der Waals surface area (Å²) in [5.41, 5.74) is 7.82. The van der Waals surface area contributed by atoms with E-state index in [1.54, 1.807) is 22.7 Å². The van der Waals surface area contributed by atoms with Gasteiger partial charge in [-0.3, -0.25) is 0 Å². The van der Waals surface area contributed by atoms with Crippen molar-refractivity contribution in [2.24, 2.45) is 5.73 Å². The molecule has 12 nitrogen and oxygen atoms in total. The number of sulfone groups is 1. The molecule has 0 spiro atoms. The fourth-order valence-electron chi connectivity index (χ4n) is 3.51. The number of nitrogens with one attached hydrogen (secondary N) is 2. The molecule has 2 fully saturated rings. The van der Waals surface area contributed by atoms with E-state index in [1.807, 2.05) is 6.07 Å². The number of nitrogens with zero attached hydrogens (tertiary/aromatic N) is 4. The largest absolute Gasteiger partial charge is 0.491 e. The highest BCUT2D eigenvalue weighted by Crippen LogP contribution is 2.34. The molecular weight excluding hydrogens is 555 g/mol. The first-order chi connectivity index (χ1) is 18.7. The summed E-state index contributed by atoms with van der Waals surface area (Å²) < 4.78 is 63.3. The molecule has 0 amide bonds. The van der Waals surface area contributed by atoms with Crippen LogP contribution < -0.4 is 21.1 Å². The molecule has 3 aromatic rings. The third-order valence-corrected chi connectivity index (χ3v) is 6.76. The minimum Gasteiger partial charge on any atom is -0.491 e. The van der Waals surface area contributed by atoms with Crippen LogP contribution >= 0.6 is 0 Å². The number of nitrogens with two attached hydrogens (primary N) is 1. The van der Waals surface area contributed by atoms with Crippen LogP contribution in [0.4, 0.5) is 30.5 Å².